The van der Waals surface area contributed by atoms with Crippen LogP contribution in [0.15, 0.2) is 11.4 Å². The fraction of sp³-hybridized carbons (Fsp3) is 0.750. The first-order chi connectivity index (χ1) is 7.49. The van der Waals surface area contributed by atoms with Gasteiger partial charge in [0.1, 0.15) is 10.9 Å². The molecule has 0 saturated carbocycles. The van der Waals surface area contributed by atoms with Crippen molar-refractivity contribution in [1.82, 2.24) is 10.2 Å². The Morgan fingerprint density at radius 2 is 2.12 bits per heavy atom. The normalized spacial score (nSPS) is 20.1. The molecule has 1 N–H and O–H groups in total. The Morgan fingerprint density at radius 1 is 1.50 bits per heavy atom. The molecule has 1 atom stereocenters. The summed E-state index contributed by atoms with van der Waals surface area (Å²) in [6, 6.07) is 0. The lowest BCUT2D eigenvalue weighted by Gasteiger charge is -2.35. The number of nitrogens with one attached hydrogen (secondary N) is 1. The Bertz CT molecular complexity index is 299. The summed E-state index contributed by atoms with van der Waals surface area (Å²) in [6.45, 7) is 8.19. The molecule has 0 saturated heterocycles. The van der Waals surface area contributed by atoms with Crippen molar-refractivity contribution >= 4 is 18.4 Å². The average molecular weight is 242 g/mol. The molecule has 0 heterocycles. The molecule has 0 aliphatic heterocycles. The van der Waals surface area contributed by atoms with Gasteiger partial charge < -0.3 is 10.2 Å². The third-order valence-electron chi connectivity index (χ3n) is 2.90. The van der Waals surface area contributed by atoms with E-state index in [2.05, 4.69) is 31.8 Å². The topological polar surface area (TPSA) is 32.3 Å². The number of allylic oxidation sites excluding steroid dienone is 1. The van der Waals surface area contributed by atoms with Gasteiger partial charge in [-0.25, -0.2) is 0 Å². The highest BCUT2D eigenvalue weighted by Gasteiger charge is 2.38. The summed E-state index contributed by atoms with van der Waals surface area (Å²) in [6.07, 6.45) is 1.11. The molecule has 0 amide bonds. The summed E-state index contributed by atoms with van der Waals surface area (Å²) >= 11 is 4.30. The molecule has 1 unspecified atom stereocenters. The summed E-state index contributed by atoms with van der Waals surface area (Å²) in [5.41, 5.74) is 1.81. The van der Waals surface area contributed by atoms with Crippen LogP contribution in [0.5, 0.6) is 0 Å². The maximum absolute atomic E-state index is 11.7. The van der Waals surface area contributed by atoms with Crippen LogP contribution in [0.3, 0.4) is 0 Å². The number of Topliss-reactive ketones (excluding diaryl/α,β-unsaturated/α-hetero) is 1. The maximum Gasteiger partial charge on any atom is 0.199 e. The molecule has 1 aliphatic carbocycles. The van der Waals surface area contributed by atoms with Crippen molar-refractivity contribution in [3.8, 4) is 0 Å². The second kappa shape index (κ2) is 5.62. The number of carbonyl (C=O) groups is 1. The van der Waals surface area contributed by atoms with Crippen LogP contribution < -0.4 is 5.32 Å². The van der Waals surface area contributed by atoms with Gasteiger partial charge in [-0.15, -0.1) is 0 Å². The van der Waals surface area contributed by atoms with Crippen LogP contribution in [0, 0.1) is 5.92 Å². The molecule has 0 aromatic heterocycles. The van der Waals surface area contributed by atoms with E-state index in [4.69, 9.17) is 0 Å². The van der Waals surface area contributed by atoms with Crippen LogP contribution in [0.4, 0.5) is 0 Å². The van der Waals surface area contributed by atoms with Gasteiger partial charge in [0.2, 0.25) is 0 Å². The van der Waals surface area contributed by atoms with Gasteiger partial charge in [0.15, 0.2) is 5.78 Å². The number of likely N-dealkylation sites (N-methyl/N-ethyl adjacent to an activating group) is 1. The fourth-order valence-electron chi connectivity index (χ4n) is 1.67. The minimum absolute atomic E-state index is 0.139. The molecule has 92 valence electrons. The largest absolute Gasteiger partial charge is 0.385 e. The van der Waals surface area contributed by atoms with Crippen molar-refractivity contribution in [2.24, 2.45) is 5.92 Å². The Balaban J connectivity index is 2.60. The molecular formula is C12H22N2OS. The van der Waals surface area contributed by atoms with Crippen LogP contribution in [0.2, 0.25) is 0 Å². The zero-order chi connectivity index (χ0) is 12.3. The summed E-state index contributed by atoms with van der Waals surface area (Å²) in [5, 5.41) is 3.10. The molecule has 0 spiro atoms. The highest BCUT2D eigenvalue weighted by Crippen LogP contribution is 2.29. The number of ketones is 1. The Morgan fingerprint density at radius 3 is 2.62 bits per heavy atom. The van der Waals surface area contributed by atoms with E-state index < -0.39 is 0 Å². The quantitative estimate of drug-likeness (QED) is 0.695. The van der Waals surface area contributed by atoms with E-state index in [0.29, 0.717) is 5.92 Å². The Hall–Kier alpha value is -0.640. The van der Waals surface area contributed by atoms with Gasteiger partial charge in [0.25, 0.3) is 0 Å². The van der Waals surface area contributed by atoms with Gasteiger partial charge in [-0.1, -0.05) is 13.8 Å². The molecule has 0 bridgehead atoms. The summed E-state index contributed by atoms with van der Waals surface area (Å²) in [7, 11) is 1.94. The second-order valence-corrected chi connectivity index (χ2v) is 5.17. The molecule has 0 radical (unpaired) electrons. The summed E-state index contributed by atoms with van der Waals surface area (Å²) in [5.74, 6) is 0.814. The Kier molecular flexibility index (Phi) is 4.71. The van der Waals surface area contributed by atoms with Gasteiger partial charge in [-0.3, -0.25) is 4.79 Å². The molecule has 0 aromatic rings. The van der Waals surface area contributed by atoms with Crippen molar-refractivity contribution < 1.29 is 4.79 Å². The number of carbonyl (C=O) groups excluding carboxylic acids is 1. The maximum atomic E-state index is 11.7. The van der Waals surface area contributed by atoms with E-state index in [1.165, 1.54) is 0 Å². The lowest BCUT2D eigenvalue weighted by atomic mass is 9.96. The first kappa shape index (κ1) is 13.4. The van der Waals surface area contributed by atoms with Gasteiger partial charge in [0.05, 0.1) is 5.70 Å². The highest BCUT2D eigenvalue weighted by atomic mass is 32.1. The smallest absolute Gasteiger partial charge is 0.199 e. The zero-order valence-corrected chi connectivity index (χ0v) is 11.5. The van der Waals surface area contributed by atoms with Crippen molar-refractivity contribution in [1.29, 1.82) is 0 Å². The van der Waals surface area contributed by atoms with E-state index in [1.54, 1.807) is 0 Å². The van der Waals surface area contributed by atoms with Gasteiger partial charge >= 0.3 is 0 Å². The predicted octanol–water partition coefficient (Wildman–Crippen LogP) is 1.67. The van der Waals surface area contributed by atoms with Crippen LogP contribution in [-0.4, -0.2) is 36.1 Å². The van der Waals surface area contributed by atoms with Crippen molar-refractivity contribution in [2.45, 2.75) is 32.4 Å². The van der Waals surface area contributed by atoms with Crippen LogP contribution in [0.1, 0.15) is 27.2 Å². The van der Waals surface area contributed by atoms with E-state index in [9.17, 15) is 4.79 Å². The molecule has 0 aromatic carbocycles. The van der Waals surface area contributed by atoms with E-state index in [0.717, 1.165) is 30.9 Å². The molecule has 4 heteroatoms. The Labute approximate surface area is 104 Å². The van der Waals surface area contributed by atoms with E-state index in [1.807, 2.05) is 18.9 Å². The van der Waals surface area contributed by atoms with Crippen molar-refractivity contribution in [3.05, 3.63) is 11.4 Å². The minimum Gasteiger partial charge on any atom is -0.385 e. The van der Waals surface area contributed by atoms with Gasteiger partial charge in [0, 0.05) is 20.1 Å². The molecular weight excluding hydrogens is 220 g/mol. The zero-order valence-electron chi connectivity index (χ0n) is 10.6. The fourth-order valence-corrected chi connectivity index (χ4v) is 2.01. The predicted molar refractivity (Wildman–Crippen MR) is 70.6 cm³/mol. The molecule has 1 aliphatic rings. The monoisotopic (exact) mass is 242 g/mol. The average Bonchev–Trinajstić information content (AvgIpc) is 2.26. The number of hydrogen-bond acceptors (Lipinski definition) is 4. The molecule has 0 fully saturated rings. The standard InChI is InChI=1S/C12H22N2OS/c1-5-14(4)10-9(12(16)11(10)15)13-7-6-8(2)3/h8,12-13,16H,5-7H2,1-4H3. The molecule has 3 nitrogen and oxygen atoms in total. The van der Waals surface area contributed by atoms with Crippen molar-refractivity contribution in [2.75, 3.05) is 20.1 Å². The number of thiol groups is 1. The van der Waals surface area contributed by atoms with Gasteiger partial charge in [-0.05, 0) is 19.3 Å². The third-order valence-corrected chi connectivity index (χ3v) is 3.40. The van der Waals surface area contributed by atoms with Crippen LogP contribution >= 0.6 is 12.6 Å². The first-order valence-electron chi connectivity index (χ1n) is 5.90. The third kappa shape index (κ3) is 2.73. The van der Waals surface area contributed by atoms with Crippen molar-refractivity contribution in [3.63, 3.8) is 0 Å². The molecule has 16 heavy (non-hydrogen) atoms. The minimum atomic E-state index is -0.240. The summed E-state index contributed by atoms with van der Waals surface area (Å²) in [4.78, 5) is 13.6. The number of rotatable bonds is 6. The SMILES string of the molecule is CCN(C)C1=C(NCCC(C)C)C(S)C1=O. The van der Waals surface area contributed by atoms with Crippen LogP contribution in [0.25, 0.3) is 0 Å². The first-order valence-corrected chi connectivity index (χ1v) is 6.42. The van der Waals surface area contributed by atoms with E-state index in [-0.39, 0.29) is 11.0 Å². The second-order valence-electron chi connectivity index (χ2n) is 4.65. The number of nitrogens with zero attached hydrogens (tertiary/aromatic N) is 1. The highest BCUT2D eigenvalue weighted by molar-refractivity contribution is 7.82. The lowest BCUT2D eigenvalue weighted by molar-refractivity contribution is -0.117. The lowest BCUT2D eigenvalue weighted by Crippen LogP contribution is -2.46. The number of hydrogen-bond donors (Lipinski definition) is 2. The van der Waals surface area contributed by atoms with Gasteiger partial charge in [-0.2, -0.15) is 12.6 Å². The van der Waals surface area contributed by atoms with Crippen LogP contribution in [-0.2, 0) is 4.79 Å². The molecule has 1 rings (SSSR count). The van der Waals surface area contributed by atoms with E-state index >= 15 is 0 Å². The summed E-state index contributed by atoms with van der Waals surface area (Å²) < 4.78 is 0.